The quantitative estimate of drug-likeness (QED) is 0.573. The highest BCUT2D eigenvalue weighted by Crippen LogP contribution is 2.08. The molecule has 0 radical (unpaired) electrons. The molecule has 4 N–H and O–H groups in total. The molecule has 138 valence electrons. The lowest BCUT2D eigenvalue weighted by Gasteiger charge is -2.16. The standard InChI is InChI=1S/C18H21N3O4S/c19-18(24)21-15(11-13-5-2-1-3-6-13)17(23)25-12-16(22)20-9-8-14-7-4-10-26-14/h1-7,10,15H,8-9,11-12H2,(H,20,22)(H3,19,21,24)/t15-/m0/s1. The van der Waals surface area contributed by atoms with E-state index in [0.29, 0.717) is 6.54 Å². The van der Waals surface area contributed by atoms with Crippen molar-refractivity contribution in [2.45, 2.75) is 18.9 Å². The van der Waals surface area contributed by atoms with Crippen LogP contribution in [0, 0.1) is 0 Å². The van der Waals surface area contributed by atoms with Gasteiger partial charge in [-0.2, -0.15) is 0 Å². The normalized spacial score (nSPS) is 11.4. The number of thiophene rings is 1. The first-order chi connectivity index (χ1) is 12.5. The summed E-state index contributed by atoms with van der Waals surface area (Å²) >= 11 is 1.61. The number of carbonyl (C=O) groups excluding carboxylic acids is 3. The molecule has 1 aromatic heterocycles. The smallest absolute Gasteiger partial charge is 0.329 e. The van der Waals surface area contributed by atoms with Gasteiger partial charge in [-0.3, -0.25) is 4.79 Å². The summed E-state index contributed by atoms with van der Waals surface area (Å²) in [6, 6.07) is 11.3. The molecule has 1 heterocycles. The first-order valence-electron chi connectivity index (χ1n) is 8.10. The van der Waals surface area contributed by atoms with Crippen LogP contribution in [0.15, 0.2) is 47.8 Å². The monoisotopic (exact) mass is 375 g/mol. The van der Waals surface area contributed by atoms with Crippen LogP contribution in [0.3, 0.4) is 0 Å². The molecular weight excluding hydrogens is 354 g/mol. The minimum absolute atomic E-state index is 0.225. The van der Waals surface area contributed by atoms with Crippen LogP contribution in [0.1, 0.15) is 10.4 Å². The van der Waals surface area contributed by atoms with Gasteiger partial charge in [-0.1, -0.05) is 36.4 Å². The minimum atomic E-state index is -0.950. The maximum absolute atomic E-state index is 12.2. The van der Waals surface area contributed by atoms with Crippen LogP contribution in [0.25, 0.3) is 0 Å². The maximum Gasteiger partial charge on any atom is 0.329 e. The summed E-state index contributed by atoms with van der Waals surface area (Å²) in [6.07, 6.45) is 0.944. The average Bonchev–Trinajstić information content (AvgIpc) is 3.13. The van der Waals surface area contributed by atoms with E-state index in [2.05, 4.69) is 10.6 Å². The number of ether oxygens (including phenoxy) is 1. The summed E-state index contributed by atoms with van der Waals surface area (Å²) in [5.41, 5.74) is 5.95. The van der Waals surface area contributed by atoms with E-state index in [1.807, 2.05) is 47.8 Å². The first-order valence-corrected chi connectivity index (χ1v) is 8.98. The largest absolute Gasteiger partial charge is 0.454 e. The molecule has 0 fully saturated rings. The van der Waals surface area contributed by atoms with Crippen LogP contribution >= 0.6 is 11.3 Å². The van der Waals surface area contributed by atoms with Crippen molar-refractivity contribution in [2.24, 2.45) is 5.73 Å². The number of urea groups is 1. The number of esters is 1. The van der Waals surface area contributed by atoms with Gasteiger partial charge in [0, 0.05) is 17.8 Å². The van der Waals surface area contributed by atoms with Crippen molar-refractivity contribution < 1.29 is 19.1 Å². The molecule has 0 saturated carbocycles. The molecule has 0 aliphatic carbocycles. The highest BCUT2D eigenvalue weighted by molar-refractivity contribution is 7.09. The third kappa shape index (κ3) is 6.94. The molecule has 7 nitrogen and oxygen atoms in total. The van der Waals surface area contributed by atoms with E-state index in [4.69, 9.17) is 10.5 Å². The number of rotatable bonds is 9. The van der Waals surface area contributed by atoms with Crippen LogP contribution in [0.2, 0.25) is 0 Å². The van der Waals surface area contributed by atoms with Crippen LogP contribution in [-0.4, -0.2) is 37.1 Å². The van der Waals surface area contributed by atoms with E-state index in [1.54, 1.807) is 11.3 Å². The number of primary amides is 1. The average molecular weight is 375 g/mol. The summed E-state index contributed by atoms with van der Waals surface area (Å²) < 4.78 is 5.01. The van der Waals surface area contributed by atoms with Crippen LogP contribution < -0.4 is 16.4 Å². The molecule has 0 saturated heterocycles. The predicted octanol–water partition coefficient (Wildman–Crippen LogP) is 1.23. The predicted molar refractivity (Wildman–Crippen MR) is 98.6 cm³/mol. The highest BCUT2D eigenvalue weighted by Gasteiger charge is 2.22. The van der Waals surface area contributed by atoms with Gasteiger partial charge >= 0.3 is 12.0 Å². The Balaban J connectivity index is 1.78. The number of nitrogens with one attached hydrogen (secondary N) is 2. The van der Waals surface area contributed by atoms with E-state index < -0.39 is 30.6 Å². The SMILES string of the molecule is NC(=O)N[C@@H](Cc1ccccc1)C(=O)OCC(=O)NCCc1cccs1. The minimum Gasteiger partial charge on any atom is -0.454 e. The molecule has 2 rings (SSSR count). The first kappa shape index (κ1) is 19.5. The summed E-state index contributed by atoms with van der Waals surface area (Å²) in [5.74, 6) is -1.10. The van der Waals surface area contributed by atoms with Gasteiger partial charge < -0.3 is 21.1 Å². The van der Waals surface area contributed by atoms with Gasteiger partial charge in [0.05, 0.1) is 0 Å². The third-order valence-corrected chi connectivity index (χ3v) is 4.44. The van der Waals surface area contributed by atoms with Crippen molar-refractivity contribution in [2.75, 3.05) is 13.2 Å². The second-order valence-corrected chi connectivity index (χ2v) is 6.57. The van der Waals surface area contributed by atoms with E-state index in [0.717, 1.165) is 16.9 Å². The van der Waals surface area contributed by atoms with E-state index >= 15 is 0 Å². The second-order valence-electron chi connectivity index (χ2n) is 5.54. The van der Waals surface area contributed by atoms with Gasteiger partial charge in [-0.25, -0.2) is 9.59 Å². The summed E-state index contributed by atoms with van der Waals surface area (Å²) in [5, 5.41) is 7.00. The zero-order valence-corrected chi connectivity index (χ0v) is 15.0. The van der Waals surface area contributed by atoms with Gasteiger partial charge in [0.15, 0.2) is 6.61 Å². The molecule has 1 aromatic carbocycles. The number of carbonyl (C=O) groups is 3. The Hall–Kier alpha value is -2.87. The van der Waals surface area contributed by atoms with Crippen molar-refractivity contribution in [1.82, 2.24) is 10.6 Å². The molecule has 26 heavy (non-hydrogen) atoms. The molecular formula is C18H21N3O4S. The number of benzene rings is 1. The van der Waals surface area contributed by atoms with E-state index in [1.165, 1.54) is 0 Å². The number of amides is 3. The van der Waals surface area contributed by atoms with Crippen molar-refractivity contribution >= 4 is 29.2 Å². The molecule has 0 aliphatic heterocycles. The fourth-order valence-electron chi connectivity index (χ4n) is 2.28. The Morgan fingerprint density at radius 1 is 1.12 bits per heavy atom. The van der Waals surface area contributed by atoms with E-state index in [-0.39, 0.29) is 6.42 Å². The van der Waals surface area contributed by atoms with E-state index in [9.17, 15) is 14.4 Å². The Bertz CT molecular complexity index is 719. The van der Waals surface area contributed by atoms with Crippen molar-refractivity contribution in [3.63, 3.8) is 0 Å². The van der Waals surface area contributed by atoms with Gasteiger partial charge in [0.1, 0.15) is 6.04 Å². The zero-order valence-electron chi connectivity index (χ0n) is 14.1. The number of hydrogen-bond acceptors (Lipinski definition) is 5. The highest BCUT2D eigenvalue weighted by atomic mass is 32.1. The van der Waals surface area contributed by atoms with Crippen molar-refractivity contribution in [3.8, 4) is 0 Å². The molecule has 3 amide bonds. The summed E-state index contributed by atoms with van der Waals surface area (Å²) in [4.78, 5) is 36.2. The van der Waals surface area contributed by atoms with Gasteiger partial charge in [-0.15, -0.1) is 11.3 Å². The van der Waals surface area contributed by atoms with Crippen LogP contribution in [-0.2, 0) is 27.2 Å². The Labute approximate surface area is 155 Å². The second kappa shape index (κ2) is 10.2. The topological polar surface area (TPSA) is 111 Å². The molecule has 0 aliphatic rings. The Morgan fingerprint density at radius 2 is 1.88 bits per heavy atom. The third-order valence-electron chi connectivity index (χ3n) is 3.50. The summed E-state index contributed by atoms with van der Waals surface area (Å²) in [6.45, 7) is 0.0544. The fraction of sp³-hybridized carbons (Fsp3) is 0.278. The molecule has 0 spiro atoms. The van der Waals surface area contributed by atoms with Gasteiger partial charge in [0.25, 0.3) is 5.91 Å². The number of hydrogen-bond donors (Lipinski definition) is 3. The van der Waals surface area contributed by atoms with Gasteiger partial charge in [-0.05, 0) is 23.4 Å². The van der Waals surface area contributed by atoms with Crippen molar-refractivity contribution in [3.05, 3.63) is 58.3 Å². The molecule has 0 unspecified atom stereocenters. The van der Waals surface area contributed by atoms with Crippen molar-refractivity contribution in [1.29, 1.82) is 0 Å². The molecule has 2 aromatic rings. The van der Waals surface area contributed by atoms with Crippen LogP contribution in [0.5, 0.6) is 0 Å². The number of nitrogens with two attached hydrogens (primary N) is 1. The van der Waals surface area contributed by atoms with Gasteiger partial charge in [0.2, 0.25) is 0 Å². The zero-order chi connectivity index (χ0) is 18.8. The molecule has 0 bridgehead atoms. The lowest BCUT2D eigenvalue weighted by molar-refractivity contribution is -0.150. The Kier molecular flexibility index (Phi) is 7.63. The maximum atomic E-state index is 12.2. The molecule has 1 atom stereocenters. The lowest BCUT2D eigenvalue weighted by Crippen LogP contribution is -2.46. The fourth-order valence-corrected chi connectivity index (χ4v) is 2.99. The Morgan fingerprint density at radius 3 is 2.54 bits per heavy atom. The van der Waals surface area contributed by atoms with Crippen LogP contribution in [0.4, 0.5) is 4.79 Å². The lowest BCUT2D eigenvalue weighted by atomic mass is 10.1. The molecule has 8 heteroatoms. The summed E-state index contributed by atoms with van der Waals surface area (Å²) in [7, 11) is 0.